The number of hydrogen-bond donors (Lipinski definition) is 1. The summed E-state index contributed by atoms with van der Waals surface area (Å²) in [6, 6.07) is 4.63. The molecule has 0 bridgehead atoms. The summed E-state index contributed by atoms with van der Waals surface area (Å²) in [6.07, 6.45) is 4.43. The molecule has 0 aliphatic carbocycles. The normalized spacial score (nSPS) is 19.5. The number of nitrogens with one attached hydrogen (secondary N) is 1. The van der Waals surface area contributed by atoms with E-state index in [0.29, 0.717) is 12.3 Å². The third kappa shape index (κ3) is 2.55. The van der Waals surface area contributed by atoms with Gasteiger partial charge in [0.25, 0.3) is 0 Å². The first-order valence-corrected chi connectivity index (χ1v) is 7.17. The van der Waals surface area contributed by atoms with E-state index in [0.717, 1.165) is 36.0 Å². The van der Waals surface area contributed by atoms with Gasteiger partial charge in [-0.05, 0) is 42.5 Å². The van der Waals surface area contributed by atoms with Crippen molar-refractivity contribution < 1.29 is 9.18 Å². The molecule has 2 aromatic rings. The Kier molecular flexibility index (Phi) is 3.47. The third-order valence-electron chi connectivity index (χ3n) is 4.08. The number of halogens is 1. The van der Waals surface area contributed by atoms with Gasteiger partial charge < -0.3 is 9.88 Å². The molecule has 1 aromatic carbocycles. The van der Waals surface area contributed by atoms with Crippen LogP contribution in [0.3, 0.4) is 0 Å². The van der Waals surface area contributed by atoms with E-state index in [4.69, 9.17) is 0 Å². The Morgan fingerprint density at radius 3 is 3.15 bits per heavy atom. The summed E-state index contributed by atoms with van der Waals surface area (Å²) in [6.45, 7) is 3.87. The maximum absolute atomic E-state index is 13.3. The van der Waals surface area contributed by atoms with Crippen LogP contribution in [0.4, 0.5) is 4.39 Å². The van der Waals surface area contributed by atoms with E-state index in [9.17, 15) is 9.18 Å². The smallest absolute Gasteiger partial charge is 0.227 e. The minimum atomic E-state index is -0.266. The van der Waals surface area contributed by atoms with Crippen molar-refractivity contribution in [3.63, 3.8) is 0 Å². The predicted octanol–water partition coefficient (Wildman–Crippen LogP) is 3.11. The number of carbonyl (C=O) groups is 1. The molecule has 1 aliphatic rings. The van der Waals surface area contributed by atoms with Crippen LogP contribution in [0.2, 0.25) is 0 Å². The molecule has 3 nitrogen and oxygen atoms in total. The van der Waals surface area contributed by atoms with Crippen molar-refractivity contribution in [2.24, 2.45) is 5.92 Å². The number of aromatic nitrogens is 1. The SMILES string of the molecule is CC1CCCN(C(=O)Cc2c[nH]c3ccc(F)cc23)C1. The van der Waals surface area contributed by atoms with E-state index in [1.54, 1.807) is 6.07 Å². The van der Waals surface area contributed by atoms with E-state index in [1.165, 1.54) is 18.6 Å². The van der Waals surface area contributed by atoms with Gasteiger partial charge in [0.05, 0.1) is 6.42 Å². The van der Waals surface area contributed by atoms with Gasteiger partial charge in [-0.1, -0.05) is 6.92 Å². The second-order valence-corrected chi connectivity index (χ2v) is 5.77. The van der Waals surface area contributed by atoms with Gasteiger partial charge in [-0.3, -0.25) is 4.79 Å². The zero-order valence-corrected chi connectivity index (χ0v) is 11.7. The highest BCUT2D eigenvalue weighted by molar-refractivity contribution is 5.89. The largest absolute Gasteiger partial charge is 0.361 e. The van der Waals surface area contributed by atoms with Crippen LogP contribution >= 0.6 is 0 Å². The van der Waals surface area contributed by atoms with Gasteiger partial charge in [0.2, 0.25) is 5.91 Å². The fourth-order valence-electron chi connectivity index (χ4n) is 2.99. The number of fused-ring (bicyclic) bond motifs is 1. The van der Waals surface area contributed by atoms with Gasteiger partial charge in [-0.25, -0.2) is 4.39 Å². The lowest BCUT2D eigenvalue weighted by Crippen LogP contribution is -2.39. The van der Waals surface area contributed by atoms with Crippen molar-refractivity contribution in [2.75, 3.05) is 13.1 Å². The first kappa shape index (κ1) is 13.2. The van der Waals surface area contributed by atoms with Crippen molar-refractivity contribution >= 4 is 16.8 Å². The summed E-state index contributed by atoms with van der Waals surface area (Å²) < 4.78 is 13.3. The van der Waals surface area contributed by atoms with Crippen LogP contribution in [0.15, 0.2) is 24.4 Å². The number of hydrogen-bond acceptors (Lipinski definition) is 1. The quantitative estimate of drug-likeness (QED) is 0.897. The topological polar surface area (TPSA) is 36.1 Å². The van der Waals surface area contributed by atoms with Crippen molar-refractivity contribution in [1.82, 2.24) is 9.88 Å². The van der Waals surface area contributed by atoms with E-state index in [-0.39, 0.29) is 11.7 Å². The highest BCUT2D eigenvalue weighted by Crippen LogP contribution is 2.22. The number of H-pyrrole nitrogens is 1. The zero-order valence-electron chi connectivity index (χ0n) is 11.7. The molecule has 0 spiro atoms. The van der Waals surface area contributed by atoms with Crippen LogP contribution in [0, 0.1) is 11.7 Å². The summed E-state index contributed by atoms with van der Waals surface area (Å²) >= 11 is 0. The van der Waals surface area contributed by atoms with Gasteiger partial charge in [-0.15, -0.1) is 0 Å². The summed E-state index contributed by atoms with van der Waals surface area (Å²) in [5, 5.41) is 0.809. The predicted molar refractivity (Wildman–Crippen MR) is 76.9 cm³/mol. The summed E-state index contributed by atoms with van der Waals surface area (Å²) in [7, 11) is 0. The lowest BCUT2D eigenvalue weighted by atomic mass is 9.99. The Morgan fingerprint density at radius 1 is 1.50 bits per heavy atom. The van der Waals surface area contributed by atoms with Crippen LogP contribution in [0.25, 0.3) is 10.9 Å². The van der Waals surface area contributed by atoms with E-state index in [1.807, 2.05) is 11.1 Å². The van der Waals surface area contributed by atoms with Crippen LogP contribution in [0.5, 0.6) is 0 Å². The average molecular weight is 274 g/mol. The zero-order chi connectivity index (χ0) is 14.1. The monoisotopic (exact) mass is 274 g/mol. The molecule has 3 rings (SSSR count). The Morgan fingerprint density at radius 2 is 2.35 bits per heavy atom. The summed E-state index contributed by atoms with van der Waals surface area (Å²) in [5.41, 5.74) is 1.75. The standard InChI is InChI=1S/C16H19FN2O/c1-11-3-2-6-19(10-11)16(20)7-12-9-18-15-5-4-13(17)8-14(12)15/h4-5,8-9,11,18H,2-3,6-7,10H2,1H3. The highest BCUT2D eigenvalue weighted by Gasteiger charge is 2.21. The maximum atomic E-state index is 13.3. The number of benzene rings is 1. The molecule has 1 amide bonds. The molecule has 20 heavy (non-hydrogen) atoms. The van der Waals surface area contributed by atoms with Crippen molar-refractivity contribution in [2.45, 2.75) is 26.2 Å². The van der Waals surface area contributed by atoms with Crippen molar-refractivity contribution in [1.29, 1.82) is 0 Å². The molecule has 1 atom stereocenters. The minimum Gasteiger partial charge on any atom is -0.361 e. The van der Waals surface area contributed by atoms with Gasteiger partial charge in [0.15, 0.2) is 0 Å². The van der Waals surface area contributed by atoms with Crippen LogP contribution in [0.1, 0.15) is 25.3 Å². The number of likely N-dealkylation sites (tertiary alicyclic amines) is 1. The van der Waals surface area contributed by atoms with Crippen LogP contribution < -0.4 is 0 Å². The molecule has 2 heterocycles. The fourth-order valence-corrected chi connectivity index (χ4v) is 2.99. The van der Waals surface area contributed by atoms with E-state index < -0.39 is 0 Å². The molecule has 106 valence electrons. The first-order valence-electron chi connectivity index (χ1n) is 7.17. The first-order chi connectivity index (χ1) is 9.63. The maximum Gasteiger partial charge on any atom is 0.227 e. The molecular formula is C16H19FN2O. The van der Waals surface area contributed by atoms with Gasteiger partial charge in [-0.2, -0.15) is 0 Å². The number of carbonyl (C=O) groups excluding carboxylic acids is 1. The molecule has 1 aromatic heterocycles. The van der Waals surface area contributed by atoms with Crippen molar-refractivity contribution in [3.05, 3.63) is 35.8 Å². The molecule has 1 N–H and O–H groups in total. The van der Waals surface area contributed by atoms with Crippen LogP contribution in [-0.4, -0.2) is 28.9 Å². The fraction of sp³-hybridized carbons (Fsp3) is 0.438. The molecule has 1 unspecified atom stereocenters. The van der Waals surface area contributed by atoms with Crippen LogP contribution in [-0.2, 0) is 11.2 Å². The Bertz CT molecular complexity index is 634. The molecule has 1 saturated heterocycles. The number of piperidine rings is 1. The number of rotatable bonds is 2. The lowest BCUT2D eigenvalue weighted by molar-refractivity contribution is -0.132. The summed E-state index contributed by atoms with van der Waals surface area (Å²) in [5.74, 6) is 0.451. The highest BCUT2D eigenvalue weighted by atomic mass is 19.1. The second kappa shape index (κ2) is 5.27. The third-order valence-corrected chi connectivity index (χ3v) is 4.08. The minimum absolute atomic E-state index is 0.140. The lowest BCUT2D eigenvalue weighted by Gasteiger charge is -2.31. The average Bonchev–Trinajstić information content (AvgIpc) is 2.81. The van der Waals surface area contributed by atoms with E-state index >= 15 is 0 Å². The number of nitrogens with zero attached hydrogens (tertiary/aromatic N) is 1. The van der Waals surface area contributed by atoms with Gasteiger partial charge in [0.1, 0.15) is 5.82 Å². The van der Waals surface area contributed by atoms with E-state index in [2.05, 4.69) is 11.9 Å². The van der Waals surface area contributed by atoms with Crippen molar-refractivity contribution in [3.8, 4) is 0 Å². The number of aromatic amines is 1. The Hall–Kier alpha value is -1.84. The molecule has 0 saturated carbocycles. The second-order valence-electron chi connectivity index (χ2n) is 5.77. The Balaban J connectivity index is 1.78. The molecular weight excluding hydrogens is 255 g/mol. The molecule has 0 radical (unpaired) electrons. The summed E-state index contributed by atoms with van der Waals surface area (Å²) in [4.78, 5) is 17.4. The molecule has 1 fully saturated rings. The molecule has 1 aliphatic heterocycles. The van der Waals surface area contributed by atoms with Gasteiger partial charge in [0, 0.05) is 30.2 Å². The molecule has 4 heteroatoms. The Labute approximate surface area is 117 Å². The van der Waals surface area contributed by atoms with Gasteiger partial charge >= 0.3 is 0 Å². The number of amides is 1.